The summed E-state index contributed by atoms with van der Waals surface area (Å²) >= 11 is 6.19. The highest BCUT2D eigenvalue weighted by Crippen LogP contribution is 2.35. The lowest BCUT2D eigenvalue weighted by atomic mass is 10.1. The SMILES string of the molecule is CC.CCCCCN(CCC)CCOc1cccc2c1CN(c1cn[nH]c(=O)c1Cl)C2. The average Bonchev–Trinajstić information content (AvgIpc) is 3.22. The summed E-state index contributed by atoms with van der Waals surface area (Å²) in [4.78, 5) is 16.3. The van der Waals surface area contributed by atoms with Crippen LogP contribution in [-0.2, 0) is 13.1 Å². The number of nitrogens with zero attached hydrogens (tertiary/aromatic N) is 3. The van der Waals surface area contributed by atoms with E-state index in [1.807, 2.05) is 26.0 Å². The Morgan fingerprint density at radius 1 is 1.13 bits per heavy atom. The maximum atomic E-state index is 11.8. The number of hydrogen-bond acceptors (Lipinski definition) is 5. The molecule has 31 heavy (non-hydrogen) atoms. The van der Waals surface area contributed by atoms with E-state index in [0.717, 1.165) is 37.4 Å². The fourth-order valence-electron chi connectivity index (χ4n) is 3.81. The molecule has 0 amide bonds. The van der Waals surface area contributed by atoms with Gasteiger partial charge in [0.25, 0.3) is 5.56 Å². The van der Waals surface area contributed by atoms with Gasteiger partial charge >= 0.3 is 0 Å². The third-order valence-electron chi connectivity index (χ3n) is 5.34. The number of aromatic nitrogens is 2. The summed E-state index contributed by atoms with van der Waals surface area (Å²) in [5, 5.41) is 6.44. The lowest BCUT2D eigenvalue weighted by Crippen LogP contribution is -2.30. The number of H-pyrrole nitrogens is 1. The van der Waals surface area contributed by atoms with Gasteiger partial charge in [-0.1, -0.05) is 64.3 Å². The number of hydrogen-bond donors (Lipinski definition) is 1. The van der Waals surface area contributed by atoms with Crippen molar-refractivity contribution < 1.29 is 4.74 Å². The number of halogens is 1. The quantitative estimate of drug-likeness (QED) is 0.475. The number of ether oxygens (including phenoxy) is 1. The van der Waals surface area contributed by atoms with E-state index < -0.39 is 0 Å². The Kier molecular flexibility index (Phi) is 10.9. The summed E-state index contributed by atoms with van der Waals surface area (Å²) in [6.45, 7) is 13.7. The largest absolute Gasteiger partial charge is 0.492 e. The van der Waals surface area contributed by atoms with Crippen LogP contribution in [0.5, 0.6) is 5.75 Å². The van der Waals surface area contributed by atoms with Crippen LogP contribution in [0.1, 0.15) is 64.5 Å². The van der Waals surface area contributed by atoms with E-state index >= 15 is 0 Å². The van der Waals surface area contributed by atoms with Crippen molar-refractivity contribution in [1.82, 2.24) is 15.1 Å². The minimum atomic E-state index is -0.365. The van der Waals surface area contributed by atoms with Crippen molar-refractivity contribution in [2.45, 2.75) is 66.5 Å². The molecule has 0 saturated heterocycles. The summed E-state index contributed by atoms with van der Waals surface area (Å²) in [6.07, 6.45) is 6.54. The molecule has 1 aromatic carbocycles. The molecule has 7 heteroatoms. The maximum absolute atomic E-state index is 11.8. The van der Waals surface area contributed by atoms with Gasteiger partial charge in [-0.2, -0.15) is 5.10 Å². The van der Waals surface area contributed by atoms with Crippen LogP contribution in [0.4, 0.5) is 5.69 Å². The minimum Gasteiger partial charge on any atom is -0.492 e. The molecule has 0 spiro atoms. The molecule has 6 nitrogen and oxygen atoms in total. The number of fused-ring (bicyclic) bond motifs is 1. The molecule has 1 N–H and O–H groups in total. The van der Waals surface area contributed by atoms with Crippen LogP contribution in [-0.4, -0.2) is 41.3 Å². The van der Waals surface area contributed by atoms with Gasteiger partial charge in [-0.3, -0.25) is 9.69 Å². The second-order valence-corrected chi connectivity index (χ2v) is 7.92. The zero-order chi connectivity index (χ0) is 22.6. The molecule has 0 fully saturated rings. The van der Waals surface area contributed by atoms with Gasteiger partial charge in [0.15, 0.2) is 0 Å². The zero-order valence-electron chi connectivity index (χ0n) is 19.4. The Labute approximate surface area is 191 Å². The number of nitrogens with one attached hydrogen (secondary N) is 1. The molecule has 1 aliphatic rings. The van der Waals surface area contributed by atoms with Gasteiger partial charge in [0.05, 0.1) is 11.9 Å². The molecule has 0 saturated carbocycles. The van der Waals surface area contributed by atoms with Crippen LogP contribution in [0, 0.1) is 0 Å². The predicted molar refractivity (Wildman–Crippen MR) is 129 cm³/mol. The molecule has 3 rings (SSSR count). The van der Waals surface area contributed by atoms with Crippen molar-refractivity contribution in [3.05, 3.63) is 50.9 Å². The standard InChI is InChI=1S/C22H31ClN4O2.C2H6/c1-3-5-6-11-26(10-4-2)12-13-29-20-9-7-8-17-15-27(16-18(17)20)19-14-24-25-22(28)21(19)23;1-2/h7-9,14H,3-6,10-13,15-16H2,1-2H3,(H,25,28);1-2H3. The monoisotopic (exact) mass is 448 g/mol. The van der Waals surface area contributed by atoms with Crippen molar-refractivity contribution in [3.63, 3.8) is 0 Å². The van der Waals surface area contributed by atoms with Crippen molar-refractivity contribution in [3.8, 4) is 5.75 Å². The van der Waals surface area contributed by atoms with Gasteiger partial charge in [-0.25, -0.2) is 5.10 Å². The van der Waals surface area contributed by atoms with Crippen molar-refractivity contribution in [2.75, 3.05) is 31.1 Å². The van der Waals surface area contributed by atoms with Gasteiger partial charge in [0, 0.05) is 25.2 Å². The van der Waals surface area contributed by atoms with E-state index in [0.29, 0.717) is 25.4 Å². The molecule has 0 atom stereocenters. The van der Waals surface area contributed by atoms with Gasteiger partial charge in [0.1, 0.15) is 17.4 Å². The van der Waals surface area contributed by atoms with E-state index in [1.54, 1.807) is 6.20 Å². The van der Waals surface area contributed by atoms with Gasteiger partial charge in [-0.15, -0.1) is 0 Å². The molecule has 0 unspecified atom stereocenters. The highest BCUT2D eigenvalue weighted by atomic mass is 35.5. The third-order valence-corrected chi connectivity index (χ3v) is 5.71. The highest BCUT2D eigenvalue weighted by Gasteiger charge is 2.25. The first kappa shape index (κ1) is 25.2. The average molecular weight is 449 g/mol. The van der Waals surface area contributed by atoms with Crippen LogP contribution in [0.2, 0.25) is 5.02 Å². The fourth-order valence-corrected chi connectivity index (χ4v) is 4.02. The zero-order valence-corrected chi connectivity index (χ0v) is 20.2. The molecule has 0 bridgehead atoms. The van der Waals surface area contributed by atoms with Crippen LogP contribution in [0.25, 0.3) is 0 Å². The lowest BCUT2D eigenvalue weighted by Gasteiger charge is -2.22. The van der Waals surface area contributed by atoms with E-state index in [9.17, 15) is 4.79 Å². The van der Waals surface area contributed by atoms with Crippen molar-refractivity contribution >= 4 is 17.3 Å². The number of unbranched alkanes of at least 4 members (excludes halogenated alkanes) is 2. The number of anilines is 1. The summed E-state index contributed by atoms with van der Waals surface area (Å²) in [7, 11) is 0. The van der Waals surface area contributed by atoms with E-state index in [2.05, 4.69) is 39.9 Å². The Balaban J connectivity index is 0.00000166. The van der Waals surface area contributed by atoms with Crippen LogP contribution < -0.4 is 15.2 Å². The van der Waals surface area contributed by atoms with Crippen LogP contribution >= 0.6 is 11.6 Å². The normalized spacial score (nSPS) is 12.5. The molecular weight excluding hydrogens is 412 g/mol. The summed E-state index contributed by atoms with van der Waals surface area (Å²) in [5.41, 5.74) is 2.65. The van der Waals surface area contributed by atoms with Gasteiger partial charge in [-0.05, 0) is 37.6 Å². The maximum Gasteiger partial charge on any atom is 0.285 e. The summed E-state index contributed by atoms with van der Waals surface area (Å²) in [5.74, 6) is 0.920. The smallest absolute Gasteiger partial charge is 0.285 e. The summed E-state index contributed by atoms with van der Waals surface area (Å²) in [6, 6.07) is 6.16. The lowest BCUT2D eigenvalue weighted by molar-refractivity contribution is 0.205. The predicted octanol–water partition coefficient (Wildman–Crippen LogP) is 5.25. The fraction of sp³-hybridized carbons (Fsp3) is 0.583. The molecule has 2 heterocycles. The first-order valence-corrected chi connectivity index (χ1v) is 12.0. The highest BCUT2D eigenvalue weighted by molar-refractivity contribution is 6.33. The molecular formula is C24H37ClN4O2. The van der Waals surface area contributed by atoms with Crippen molar-refractivity contribution in [2.24, 2.45) is 0 Å². The van der Waals surface area contributed by atoms with E-state index in [4.69, 9.17) is 16.3 Å². The second-order valence-electron chi connectivity index (χ2n) is 7.55. The molecule has 172 valence electrons. The molecule has 0 radical (unpaired) electrons. The van der Waals surface area contributed by atoms with Crippen LogP contribution in [0.15, 0.2) is 29.2 Å². The molecule has 1 aromatic heterocycles. The topological polar surface area (TPSA) is 61.5 Å². The van der Waals surface area contributed by atoms with Gasteiger partial charge in [0.2, 0.25) is 0 Å². The Morgan fingerprint density at radius 3 is 2.68 bits per heavy atom. The van der Waals surface area contributed by atoms with Gasteiger partial charge < -0.3 is 9.64 Å². The summed E-state index contributed by atoms with van der Waals surface area (Å²) < 4.78 is 6.19. The Morgan fingerprint density at radius 2 is 1.94 bits per heavy atom. The Bertz CT molecular complexity index is 856. The number of aromatic amines is 1. The van der Waals surface area contributed by atoms with Crippen LogP contribution in [0.3, 0.4) is 0 Å². The van der Waals surface area contributed by atoms with E-state index in [1.165, 1.54) is 24.8 Å². The van der Waals surface area contributed by atoms with E-state index in [-0.39, 0.29) is 10.6 Å². The molecule has 0 aliphatic carbocycles. The van der Waals surface area contributed by atoms with Crippen molar-refractivity contribution in [1.29, 1.82) is 0 Å². The molecule has 2 aromatic rings. The second kappa shape index (κ2) is 13.4. The molecule has 1 aliphatic heterocycles. The number of benzene rings is 1. The number of rotatable bonds is 11. The first-order chi connectivity index (χ1) is 15.1. The first-order valence-electron chi connectivity index (χ1n) is 11.6. The third kappa shape index (κ3) is 6.97. The minimum absolute atomic E-state index is 0.178. The Hall–Kier alpha value is -2.05.